The minimum atomic E-state index is 0.395. The lowest BCUT2D eigenvalue weighted by Crippen LogP contribution is -2.22. The summed E-state index contributed by atoms with van der Waals surface area (Å²) in [5.74, 6) is 0.861. The molecule has 1 aromatic heterocycles. The van der Waals surface area contributed by atoms with Crippen LogP contribution in [0, 0.1) is 18.3 Å². The first-order chi connectivity index (χ1) is 6.99. The summed E-state index contributed by atoms with van der Waals surface area (Å²) in [6, 6.07) is 0.395. The van der Waals surface area contributed by atoms with E-state index >= 15 is 0 Å². The van der Waals surface area contributed by atoms with Gasteiger partial charge in [-0.1, -0.05) is 13.8 Å². The summed E-state index contributed by atoms with van der Waals surface area (Å²) in [7, 11) is 0. The lowest BCUT2D eigenvalue weighted by molar-refractivity contribution is 0.481. The standard InChI is InChI=1S/C12H20N2S/c1-8(11-7-15-9(2)14-11)13-6-10-5-12(10,3)4/h7-8,10,13H,5-6H2,1-4H3. The third kappa shape index (κ3) is 2.58. The Kier molecular flexibility index (Phi) is 2.86. The van der Waals surface area contributed by atoms with Gasteiger partial charge in [-0.05, 0) is 38.1 Å². The van der Waals surface area contributed by atoms with Gasteiger partial charge in [-0.3, -0.25) is 0 Å². The maximum absolute atomic E-state index is 4.50. The third-order valence-corrected chi connectivity index (χ3v) is 4.26. The van der Waals surface area contributed by atoms with E-state index in [2.05, 4.69) is 43.4 Å². The minimum absolute atomic E-state index is 0.395. The summed E-state index contributed by atoms with van der Waals surface area (Å²) in [6.07, 6.45) is 1.36. The highest BCUT2D eigenvalue weighted by Crippen LogP contribution is 2.51. The summed E-state index contributed by atoms with van der Waals surface area (Å²) >= 11 is 1.73. The second-order valence-corrected chi connectivity index (χ2v) is 6.37. The molecule has 1 aromatic rings. The fourth-order valence-corrected chi connectivity index (χ4v) is 2.63. The average molecular weight is 224 g/mol. The van der Waals surface area contributed by atoms with E-state index in [0.717, 1.165) is 17.5 Å². The number of hydrogen-bond donors (Lipinski definition) is 1. The van der Waals surface area contributed by atoms with Crippen LogP contribution < -0.4 is 5.32 Å². The van der Waals surface area contributed by atoms with Gasteiger partial charge in [0.2, 0.25) is 0 Å². The van der Waals surface area contributed by atoms with E-state index in [9.17, 15) is 0 Å². The van der Waals surface area contributed by atoms with Gasteiger partial charge in [0.05, 0.1) is 10.7 Å². The first kappa shape index (κ1) is 11.1. The highest BCUT2D eigenvalue weighted by Gasteiger charge is 2.44. The summed E-state index contributed by atoms with van der Waals surface area (Å²) in [5, 5.41) is 6.89. The molecular formula is C12H20N2S. The normalized spacial score (nSPS) is 25.2. The molecule has 3 heteroatoms. The molecule has 0 amide bonds. The van der Waals surface area contributed by atoms with Crippen LogP contribution in [0.1, 0.15) is 43.9 Å². The predicted molar refractivity (Wildman–Crippen MR) is 65.2 cm³/mol. The van der Waals surface area contributed by atoms with Crippen LogP contribution in [0.2, 0.25) is 0 Å². The number of aryl methyl sites for hydroxylation is 1. The summed E-state index contributed by atoms with van der Waals surface area (Å²) in [4.78, 5) is 4.50. The van der Waals surface area contributed by atoms with E-state index < -0.39 is 0 Å². The van der Waals surface area contributed by atoms with Gasteiger partial charge < -0.3 is 5.32 Å². The Morgan fingerprint density at radius 1 is 1.67 bits per heavy atom. The maximum atomic E-state index is 4.50. The molecule has 2 unspecified atom stereocenters. The number of rotatable bonds is 4. The van der Waals surface area contributed by atoms with Crippen LogP contribution in [0.25, 0.3) is 0 Å². The molecule has 2 rings (SSSR count). The monoisotopic (exact) mass is 224 g/mol. The molecule has 0 aliphatic heterocycles. The number of nitrogens with zero attached hydrogens (tertiary/aromatic N) is 1. The van der Waals surface area contributed by atoms with Crippen LogP contribution in [0.5, 0.6) is 0 Å². The molecule has 1 heterocycles. The van der Waals surface area contributed by atoms with E-state index in [0.29, 0.717) is 11.5 Å². The zero-order valence-electron chi connectivity index (χ0n) is 10.0. The van der Waals surface area contributed by atoms with Crippen molar-refractivity contribution >= 4 is 11.3 Å². The molecule has 0 aromatic carbocycles. The van der Waals surface area contributed by atoms with Crippen molar-refractivity contribution < 1.29 is 0 Å². The summed E-state index contributed by atoms with van der Waals surface area (Å²) in [5.41, 5.74) is 1.76. The molecule has 1 N–H and O–H groups in total. The second-order valence-electron chi connectivity index (χ2n) is 5.31. The van der Waals surface area contributed by atoms with Crippen molar-refractivity contribution in [1.29, 1.82) is 0 Å². The highest BCUT2D eigenvalue weighted by atomic mass is 32.1. The molecule has 0 spiro atoms. The molecular weight excluding hydrogens is 204 g/mol. The molecule has 2 nitrogen and oxygen atoms in total. The maximum Gasteiger partial charge on any atom is 0.0898 e. The molecule has 2 atom stereocenters. The van der Waals surface area contributed by atoms with Crippen molar-refractivity contribution in [3.05, 3.63) is 16.1 Å². The Morgan fingerprint density at radius 3 is 2.80 bits per heavy atom. The first-order valence-electron chi connectivity index (χ1n) is 5.64. The molecule has 0 saturated heterocycles. The minimum Gasteiger partial charge on any atom is -0.309 e. The Morgan fingerprint density at radius 2 is 2.33 bits per heavy atom. The average Bonchev–Trinajstić information content (AvgIpc) is 2.59. The Balaban J connectivity index is 1.81. The molecule has 1 aliphatic rings. The van der Waals surface area contributed by atoms with Gasteiger partial charge in [0.1, 0.15) is 0 Å². The summed E-state index contributed by atoms with van der Waals surface area (Å²) in [6.45, 7) is 10.1. The molecule has 1 aliphatic carbocycles. The van der Waals surface area contributed by atoms with Crippen molar-refractivity contribution in [3.8, 4) is 0 Å². The number of thiazole rings is 1. The van der Waals surface area contributed by atoms with Gasteiger partial charge in [0.25, 0.3) is 0 Å². The Labute approximate surface area is 96.1 Å². The van der Waals surface area contributed by atoms with Gasteiger partial charge in [0.15, 0.2) is 0 Å². The second kappa shape index (κ2) is 3.87. The van der Waals surface area contributed by atoms with E-state index in [1.807, 2.05) is 0 Å². The third-order valence-electron chi connectivity index (χ3n) is 3.47. The van der Waals surface area contributed by atoms with Crippen LogP contribution in [0.4, 0.5) is 0 Å². The Bertz CT molecular complexity index is 343. The smallest absolute Gasteiger partial charge is 0.0898 e. The van der Waals surface area contributed by atoms with E-state index in [-0.39, 0.29) is 0 Å². The van der Waals surface area contributed by atoms with E-state index in [1.165, 1.54) is 12.1 Å². The van der Waals surface area contributed by atoms with Crippen molar-refractivity contribution in [2.24, 2.45) is 11.3 Å². The van der Waals surface area contributed by atoms with Gasteiger partial charge in [0, 0.05) is 11.4 Å². The van der Waals surface area contributed by atoms with Crippen LogP contribution in [-0.4, -0.2) is 11.5 Å². The van der Waals surface area contributed by atoms with Gasteiger partial charge in [-0.2, -0.15) is 0 Å². The lowest BCUT2D eigenvalue weighted by Gasteiger charge is -2.12. The van der Waals surface area contributed by atoms with Crippen LogP contribution >= 0.6 is 11.3 Å². The molecule has 1 saturated carbocycles. The van der Waals surface area contributed by atoms with Crippen LogP contribution in [0.15, 0.2) is 5.38 Å². The predicted octanol–water partition coefficient (Wildman–Crippen LogP) is 3.15. The van der Waals surface area contributed by atoms with Crippen molar-refractivity contribution in [2.75, 3.05) is 6.54 Å². The molecule has 15 heavy (non-hydrogen) atoms. The van der Waals surface area contributed by atoms with Gasteiger partial charge in [-0.15, -0.1) is 11.3 Å². The molecule has 84 valence electrons. The zero-order valence-corrected chi connectivity index (χ0v) is 10.8. The van der Waals surface area contributed by atoms with Crippen molar-refractivity contribution in [3.63, 3.8) is 0 Å². The van der Waals surface area contributed by atoms with E-state index in [4.69, 9.17) is 0 Å². The molecule has 0 bridgehead atoms. The van der Waals surface area contributed by atoms with Crippen LogP contribution in [0.3, 0.4) is 0 Å². The van der Waals surface area contributed by atoms with E-state index in [1.54, 1.807) is 11.3 Å². The molecule has 1 fully saturated rings. The number of hydrogen-bond acceptors (Lipinski definition) is 3. The lowest BCUT2D eigenvalue weighted by atomic mass is 10.1. The number of aromatic nitrogens is 1. The Hall–Kier alpha value is -0.410. The SMILES string of the molecule is Cc1nc(C(C)NCC2CC2(C)C)cs1. The van der Waals surface area contributed by atoms with Gasteiger partial charge in [-0.25, -0.2) is 4.98 Å². The number of nitrogens with one attached hydrogen (secondary N) is 1. The molecule has 0 radical (unpaired) electrons. The quantitative estimate of drug-likeness (QED) is 0.850. The topological polar surface area (TPSA) is 24.9 Å². The first-order valence-corrected chi connectivity index (χ1v) is 6.52. The fraction of sp³-hybridized carbons (Fsp3) is 0.750. The summed E-state index contributed by atoms with van der Waals surface area (Å²) < 4.78 is 0. The van der Waals surface area contributed by atoms with Crippen molar-refractivity contribution in [2.45, 2.75) is 40.2 Å². The largest absolute Gasteiger partial charge is 0.309 e. The highest BCUT2D eigenvalue weighted by molar-refractivity contribution is 7.09. The fourth-order valence-electron chi connectivity index (χ4n) is 1.93. The van der Waals surface area contributed by atoms with Crippen molar-refractivity contribution in [1.82, 2.24) is 10.3 Å². The zero-order chi connectivity index (χ0) is 11.1. The van der Waals surface area contributed by atoms with Crippen LogP contribution in [-0.2, 0) is 0 Å². The van der Waals surface area contributed by atoms with Gasteiger partial charge >= 0.3 is 0 Å².